The fourth-order valence-electron chi connectivity index (χ4n) is 1.32. The Morgan fingerprint density at radius 1 is 1.29 bits per heavy atom. The van der Waals surface area contributed by atoms with E-state index in [0.717, 1.165) is 5.56 Å². The van der Waals surface area contributed by atoms with Crippen molar-refractivity contribution in [1.82, 2.24) is 5.32 Å². The van der Waals surface area contributed by atoms with Crippen LogP contribution in [-0.2, 0) is 0 Å². The number of aliphatic hydroxyl groups is 1. The summed E-state index contributed by atoms with van der Waals surface area (Å²) in [6, 6.07) is 7.43. The molecule has 0 spiro atoms. The first-order valence-electron chi connectivity index (χ1n) is 5.45. The molecule has 1 rings (SSSR count). The van der Waals surface area contributed by atoms with Crippen LogP contribution < -0.4 is 10.1 Å². The summed E-state index contributed by atoms with van der Waals surface area (Å²) in [6.45, 7) is 1.66. The second-order valence-corrected chi connectivity index (χ2v) is 3.78. The van der Waals surface area contributed by atoms with Gasteiger partial charge in [0.25, 0.3) is 6.43 Å². The first kappa shape index (κ1) is 13.9. The summed E-state index contributed by atoms with van der Waals surface area (Å²) in [4.78, 5) is 0. The second kappa shape index (κ2) is 7.19. The van der Waals surface area contributed by atoms with Crippen LogP contribution in [0, 0.1) is 6.92 Å². The topological polar surface area (TPSA) is 41.5 Å². The summed E-state index contributed by atoms with van der Waals surface area (Å²) in [7, 11) is 0. The molecule has 0 saturated heterocycles. The van der Waals surface area contributed by atoms with Crippen molar-refractivity contribution in [1.29, 1.82) is 0 Å². The van der Waals surface area contributed by atoms with Crippen molar-refractivity contribution in [3.63, 3.8) is 0 Å². The van der Waals surface area contributed by atoms with Crippen LogP contribution in [0.3, 0.4) is 0 Å². The van der Waals surface area contributed by atoms with E-state index >= 15 is 0 Å². The lowest BCUT2D eigenvalue weighted by atomic mass is 10.2. The molecule has 0 saturated carbocycles. The average molecular weight is 245 g/mol. The van der Waals surface area contributed by atoms with Gasteiger partial charge in [-0.2, -0.15) is 0 Å². The van der Waals surface area contributed by atoms with E-state index in [0.29, 0.717) is 5.75 Å². The van der Waals surface area contributed by atoms with Gasteiger partial charge in [-0.3, -0.25) is 0 Å². The molecule has 1 aromatic carbocycles. The molecule has 0 amide bonds. The maximum Gasteiger partial charge on any atom is 0.250 e. The Morgan fingerprint density at radius 2 is 2.00 bits per heavy atom. The minimum absolute atomic E-state index is 0.0844. The largest absolute Gasteiger partial charge is 0.491 e. The number of alkyl halides is 2. The van der Waals surface area contributed by atoms with E-state index in [9.17, 15) is 13.9 Å². The zero-order valence-corrected chi connectivity index (χ0v) is 9.70. The Labute approximate surface area is 99.4 Å². The molecule has 0 aromatic heterocycles. The molecule has 2 N–H and O–H groups in total. The van der Waals surface area contributed by atoms with Gasteiger partial charge in [0.2, 0.25) is 0 Å². The lowest BCUT2D eigenvalue weighted by molar-refractivity contribution is 0.0949. The van der Waals surface area contributed by atoms with E-state index in [4.69, 9.17) is 4.74 Å². The number of hydrogen-bond donors (Lipinski definition) is 2. The molecule has 0 radical (unpaired) electrons. The number of aliphatic hydroxyl groups excluding tert-OH is 1. The molecule has 5 heteroatoms. The highest BCUT2D eigenvalue weighted by Gasteiger charge is 2.08. The van der Waals surface area contributed by atoms with Gasteiger partial charge in [0.05, 0.1) is 6.54 Å². The summed E-state index contributed by atoms with van der Waals surface area (Å²) in [6.07, 6.45) is -3.20. The lowest BCUT2D eigenvalue weighted by Gasteiger charge is -2.14. The fraction of sp³-hybridized carbons (Fsp3) is 0.500. The van der Waals surface area contributed by atoms with Gasteiger partial charge in [-0.05, 0) is 18.6 Å². The normalized spacial score (nSPS) is 12.8. The van der Waals surface area contributed by atoms with Gasteiger partial charge in [-0.25, -0.2) is 8.78 Å². The number of aryl methyl sites for hydroxylation is 1. The van der Waals surface area contributed by atoms with Crippen LogP contribution >= 0.6 is 0 Å². The fourth-order valence-corrected chi connectivity index (χ4v) is 1.32. The smallest absolute Gasteiger partial charge is 0.250 e. The van der Waals surface area contributed by atoms with E-state index in [1.807, 2.05) is 25.1 Å². The molecule has 0 bridgehead atoms. The van der Waals surface area contributed by atoms with Crippen LogP contribution in [0.15, 0.2) is 24.3 Å². The number of para-hydroxylation sites is 1. The Bertz CT molecular complexity index is 334. The standard InChI is InChI=1S/C12H17F2NO2/c1-9-4-2-3-5-11(9)17-8-10(16)6-15-7-12(13)14/h2-5,10,12,15-16H,6-8H2,1H3. The van der Waals surface area contributed by atoms with Gasteiger partial charge >= 0.3 is 0 Å². The Kier molecular flexibility index (Phi) is 5.86. The molecule has 0 aliphatic rings. The Hall–Kier alpha value is -1.20. The third-order valence-electron chi connectivity index (χ3n) is 2.20. The van der Waals surface area contributed by atoms with Crippen LogP contribution in [0.2, 0.25) is 0 Å². The monoisotopic (exact) mass is 245 g/mol. The minimum atomic E-state index is -2.40. The number of ether oxygens (including phenoxy) is 1. The van der Waals surface area contributed by atoms with Crippen LogP contribution in [0.1, 0.15) is 5.56 Å². The predicted molar refractivity (Wildman–Crippen MR) is 61.6 cm³/mol. The first-order valence-corrected chi connectivity index (χ1v) is 5.45. The van der Waals surface area contributed by atoms with Gasteiger partial charge in [0.1, 0.15) is 18.5 Å². The number of nitrogens with one attached hydrogen (secondary N) is 1. The molecule has 3 nitrogen and oxygen atoms in total. The second-order valence-electron chi connectivity index (χ2n) is 3.78. The maximum atomic E-state index is 11.8. The zero-order valence-electron chi connectivity index (χ0n) is 9.70. The van der Waals surface area contributed by atoms with Gasteiger partial charge < -0.3 is 15.2 Å². The van der Waals surface area contributed by atoms with Gasteiger partial charge in [0, 0.05) is 6.54 Å². The Balaban J connectivity index is 2.24. The highest BCUT2D eigenvalue weighted by molar-refractivity contribution is 5.31. The van der Waals surface area contributed by atoms with Crippen molar-refractivity contribution in [3.8, 4) is 5.75 Å². The predicted octanol–water partition coefficient (Wildman–Crippen LogP) is 1.59. The lowest BCUT2D eigenvalue weighted by Crippen LogP contribution is -2.34. The summed E-state index contributed by atoms with van der Waals surface area (Å²) >= 11 is 0. The van der Waals surface area contributed by atoms with Crippen LogP contribution in [-0.4, -0.2) is 37.3 Å². The van der Waals surface area contributed by atoms with E-state index < -0.39 is 19.1 Å². The molecule has 1 aromatic rings. The van der Waals surface area contributed by atoms with Crippen LogP contribution in [0.4, 0.5) is 8.78 Å². The quantitative estimate of drug-likeness (QED) is 0.766. The summed E-state index contributed by atoms with van der Waals surface area (Å²) in [5.41, 5.74) is 0.972. The molecule has 1 atom stereocenters. The molecule has 0 fully saturated rings. The average Bonchev–Trinajstić information content (AvgIpc) is 2.27. The highest BCUT2D eigenvalue weighted by Crippen LogP contribution is 2.16. The maximum absolute atomic E-state index is 11.8. The van der Waals surface area contributed by atoms with E-state index in [2.05, 4.69) is 5.32 Å². The van der Waals surface area contributed by atoms with E-state index in [1.54, 1.807) is 6.07 Å². The number of halogens is 2. The molecule has 17 heavy (non-hydrogen) atoms. The molecular weight excluding hydrogens is 228 g/mol. The van der Waals surface area contributed by atoms with E-state index in [-0.39, 0.29) is 13.2 Å². The third kappa shape index (κ3) is 5.60. The first-order chi connectivity index (χ1) is 8.09. The molecule has 0 heterocycles. The van der Waals surface area contributed by atoms with Crippen molar-refractivity contribution < 1.29 is 18.6 Å². The number of benzene rings is 1. The highest BCUT2D eigenvalue weighted by atomic mass is 19.3. The van der Waals surface area contributed by atoms with Crippen molar-refractivity contribution in [2.24, 2.45) is 0 Å². The molecule has 0 aliphatic heterocycles. The SMILES string of the molecule is Cc1ccccc1OCC(O)CNCC(F)F. The molecular formula is C12H17F2NO2. The molecule has 1 unspecified atom stereocenters. The van der Waals surface area contributed by atoms with Crippen molar-refractivity contribution in [2.45, 2.75) is 19.5 Å². The van der Waals surface area contributed by atoms with Crippen molar-refractivity contribution in [2.75, 3.05) is 19.7 Å². The molecule has 96 valence electrons. The van der Waals surface area contributed by atoms with E-state index in [1.165, 1.54) is 0 Å². The summed E-state index contributed by atoms with van der Waals surface area (Å²) in [5.74, 6) is 0.695. The summed E-state index contributed by atoms with van der Waals surface area (Å²) < 4.78 is 29.0. The van der Waals surface area contributed by atoms with Gasteiger partial charge in [0.15, 0.2) is 0 Å². The van der Waals surface area contributed by atoms with Crippen molar-refractivity contribution in [3.05, 3.63) is 29.8 Å². The molecule has 0 aliphatic carbocycles. The van der Waals surface area contributed by atoms with Gasteiger partial charge in [-0.1, -0.05) is 18.2 Å². The Morgan fingerprint density at radius 3 is 2.65 bits per heavy atom. The minimum Gasteiger partial charge on any atom is -0.491 e. The number of rotatable bonds is 7. The summed E-state index contributed by atoms with van der Waals surface area (Å²) in [5, 5.41) is 11.9. The van der Waals surface area contributed by atoms with Crippen LogP contribution in [0.5, 0.6) is 5.75 Å². The third-order valence-corrected chi connectivity index (χ3v) is 2.20. The van der Waals surface area contributed by atoms with Crippen molar-refractivity contribution >= 4 is 0 Å². The van der Waals surface area contributed by atoms with Gasteiger partial charge in [-0.15, -0.1) is 0 Å². The number of hydrogen-bond acceptors (Lipinski definition) is 3. The zero-order chi connectivity index (χ0) is 12.7. The van der Waals surface area contributed by atoms with Crippen LogP contribution in [0.25, 0.3) is 0 Å².